The maximum absolute atomic E-state index is 12.7. The predicted molar refractivity (Wildman–Crippen MR) is 123 cm³/mol. The monoisotopic (exact) mass is 455 g/mol. The van der Waals surface area contributed by atoms with Crippen LogP contribution in [0.5, 0.6) is 0 Å². The Hall–Kier alpha value is -3.46. The minimum Gasteiger partial charge on any atom is -0.452 e. The Labute approximate surface area is 187 Å². The Balaban J connectivity index is 1.54. The summed E-state index contributed by atoms with van der Waals surface area (Å²) in [5.74, 6) is -0.789. The summed E-state index contributed by atoms with van der Waals surface area (Å²) in [6.07, 6.45) is 6.25. The van der Waals surface area contributed by atoms with Gasteiger partial charge in [0.1, 0.15) is 5.84 Å². The first-order chi connectivity index (χ1) is 15.4. The standard InChI is InChI=1S/C23H25N3O5S/c27-22(17-31-23(28)14-13-18-8-3-1-4-9-18)25-19-10-7-11-20(16-19)32(29,30)26-21-12-5-2-6-15-24-21/h1,3-4,7-11,13-14,16H,2,5-6,12,15,17H2,(H,24,26)(H,25,27)/b14-13+. The Morgan fingerprint density at radius 1 is 1.03 bits per heavy atom. The van der Waals surface area contributed by atoms with Gasteiger partial charge in [-0.25, -0.2) is 13.2 Å². The third-order valence-corrected chi connectivity index (χ3v) is 5.99. The van der Waals surface area contributed by atoms with Crippen molar-refractivity contribution in [1.82, 2.24) is 4.72 Å². The molecule has 0 atom stereocenters. The van der Waals surface area contributed by atoms with Gasteiger partial charge < -0.3 is 10.1 Å². The number of sulfonamides is 1. The Bertz CT molecular complexity index is 1110. The number of nitrogens with zero attached hydrogens (tertiary/aromatic N) is 1. The molecule has 3 rings (SSSR count). The molecule has 0 spiro atoms. The van der Waals surface area contributed by atoms with Gasteiger partial charge in [0, 0.05) is 24.7 Å². The number of carbonyl (C=O) groups is 2. The molecule has 1 amide bonds. The molecule has 2 aromatic rings. The maximum atomic E-state index is 12.7. The molecule has 168 valence electrons. The van der Waals surface area contributed by atoms with Crippen molar-refractivity contribution < 1.29 is 22.7 Å². The SMILES string of the molecule is O=C(COC(=O)/C=C/c1ccccc1)Nc1cccc(S(=O)(=O)NC2=NCCCCC2)c1. The fourth-order valence-corrected chi connectivity index (χ4v) is 4.16. The first-order valence-corrected chi connectivity index (χ1v) is 11.8. The lowest BCUT2D eigenvalue weighted by Gasteiger charge is -2.11. The van der Waals surface area contributed by atoms with Crippen molar-refractivity contribution in [2.45, 2.75) is 30.6 Å². The number of benzene rings is 2. The van der Waals surface area contributed by atoms with Gasteiger partial charge in [-0.3, -0.25) is 14.5 Å². The molecule has 0 bridgehead atoms. The number of anilines is 1. The molecule has 0 fully saturated rings. The highest BCUT2D eigenvalue weighted by Crippen LogP contribution is 2.16. The lowest BCUT2D eigenvalue weighted by Crippen LogP contribution is -2.30. The Morgan fingerprint density at radius 2 is 1.84 bits per heavy atom. The van der Waals surface area contributed by atoms with Crippen LogP contribution < -0.4 is 10.0 Å². The fourth-order valence-electron chi connectivity index (χ4n) is 3.02. The fraction of sp³-hybridized carbons (Fsp3) is 0.261. The Kier molecular flexibility index (Phi) is 8.15. The molecule has 0 saturated heterocycles. The second kappa shape index (κ2) is 11.2. The molecule has 32 heavy (non-hydrogen) atoms. The number of carbonyl (C=O) groups excluding carboxylic acids is 2. The van der Waals surface area contributed by atoms with Gasteiger partial charge in [0.15, 0.2) is 6.61 Å². The van der Waals surface area contributed by atoms with Crippen LogP contribution in [0.4, 0.5) is 5.69 Å². The molecule has 0 saturated carbocycles. The smallest absolute Gasteiger partial charge is 0.331 e. The van der Waals surface area contributed by atoms with Crippen molar-refractivity contribution in [2.75, 3.05) is 18.5 Å². The van der Waals surface area contributed by atoms with E-state index in [2.05, 4.69) is 15.0 Å². The minimum absolute atomic E-state index is 0.00466. The minimum atomic E-state index is -3.82. The molecular weight excluding hydrogens is 430 g/mol. The summed E-state index contributed by atoms with van der Waals surface area (Å²) in [7, 11) is -3.82. The molecule has 8 nitrogen and oxygen atoms in total. The lowest BCUT2D eigenvalue weighted by atomic mass is 10.2. The van der Waals surface area contributed by atoms with Gasteiger partial charge in [0.05, 0.1) is 4.90 Å². The van der Waals surface area contributed by atoms with Gasteiger partial charge in [0.25, 0.3) is 15.9 Å². The first-order valence-electron chi connectivity index (χ1n) is 10.3. The summed E-state index contributed by atoms with van der Waals surface area (Å²) in [5, 5.41) is 2.53. The molecule has 1 aliphatic rings. The van der Waals surface area contributed by atoms with Gasteiger partial charge in [-0.2, -0.15) is 0 Å². The van der Waals surface area contributed by atoms with Gasteiger partial charge in [0.2, 0.25) is 0 Å². The molecule has 9 heteroatoms. The highest BCUT2D eigenvalue weighted by atomic mass is 32.2. The molecule has 0 radical (unpaired) electrons. The van der Waals surface area contributed by atoms with Crippen LogP contribution in [0.3, 0.4) is 0 Å². The van der Waals surface area contributed by atoms with Crippen molar-refractivity contribution in [2.24, 2.45) is 4.99 Å². The van der Waals surface area contributed by atoms with Crippen molar-refractivity contribution >= 4 is 39.5 Å². The van der Waals surface area contributed by atoms with Crippen LogP contribution in [0, 0.1) is 0 Å². The first kappa shape index (κ1) is 23.2. The molecule has 1 aliphatic heterocycles. The van der Waals surface area contributed by atoms with E-state index in [1.165, 1.54) is 24.3 Å². The van der Waals surface area contributed by atoms with Crippen molar-refractivity contribution in [3.05, 3.63) is 66.2 Å². The summed E-state index contributed by atoms with van der Waals surface area (Å²) >= 11 is 0. The summed E-state index contributed by atoms with van der Waals surface area (Å²) < 4.78 is 32.8. The number of hydrogen-bond acceptors (Lipinski definition) is 6. The zero-order chi connectivity index (χ0) is 22.8. The molecule has 1 heterocycles. The van der Waals surface area contributed by atoms with Crippen LogP contribution in [0.2, 0.25) is 0 Å². The zero-order valence-corrected chi connectivity index (χ0v) is 18.3. The topological polar surface area (TPSA) is 114 Å². The van der Waals surface area contributed by atoms with Gasteiger partial charge in [-0.15, -0.1) is 0 Å². The van der Waals surface area contributed by atoms with E-state index in [9.17, 15) is 18.0 Å². The molecule has 0 aliphatic carbocycles. The lowest BCUT2D eigenvalue weighted by molar-refractivity contribution is -0.142. The Morgan fingerprint density at radius 3 is 2.66 bits per heavy atom. The second-order valence-electron chi connectivity index (χ2n) is 7.17. The number of nitrogens with one attached hydrogen (secondary N) is 2. The molecule has 2 N–H and O–H groups in total. The molecule has 0 aromatic heterocycles. The number of aliphatic imine (C=N–C) groups is 1. The van der Waals surface area contributed by atoms with Crippen LogP contribution >= 0.6 is 0 Å². The number of esters is 1. The number of rotatable bonds is 7. The van der Waals surface area contributed by atoms with E-state index in [0.717, 1.165) is 24.8 Å². The van der Waals surface area contributed by atoms with E-state index in [-0.39, 0.29) is 10.6 Å². The van der Waals surface area contributed by atoms with Crippen LogP contribution in [0.1, 0.15) is 31.2 Å². The third-order valence-electron chi connectivity index (χ3n) is 4.61. The summed E-state index contributed by atoms with van der Waals surface area (Å²) in [6.45, 7) is 0.108. The van der Waals surface area contributed by atoms with Crippen LogP contribution in [0.15, 0.2) is 70.6 Å². The van der Waals surface area contributed by atoms with Crippen molar-refractivity contribution in [3.8, 4) is 0 Å². The third kappa shape index (κ3) is 7.35. The largest absolute Gasteiger partial charge is 0.452 e. The van der Waals surface area contributed by atoms with Crippen LogP contribution in [-0.4, -0.2) is 39.3 Å². The number of amidine groups is 1. The van der Waals surface area contributed by atoms with E-state index >= 15 is 0 Å². The summed E-state index contributed by atoms with van der Waals surface area (Å²) in [5.41, 5.74) is 1.10. The van der Waals surface area contributed by atoms with E-state index in [1.54, 1.807) is 12.1 Å². The van der Waals surface area contributed by atoms with Crippen molar-refractivity contribution in [3.63, 3.8) is 0 Å². The van der Waals surface area contributed by atoms with Crippen molar-refractivity contribution in [1.29, 1.82) is 0 Å². The average Bonchev–Trinajstić information content (AvgIpc) is 3.05. The van der Waals surface area contributed by atoms with E-state index in [1.807, 2.05) is 30.3 Å². The quantitative estimate of drug-likeness (QED) is 0.492. The van der Waals surface area contributed by atoms with E-state index in [0.29, 0.717) is 18.8 Å². The number of amides is 1. The van der Waals surface area contributed by atoms with Crippen LogP contribution in [0.25, 0.3) is 6.08 Å². The normalized spacial score (nSPS) is 14.3. The highest BCUT2D eigenvalue weighted by Gasteiger charge is 2.18. The average molecular weight is 456 g/mol. The zero-order valence-electron chi connectivity index (χ0n) is 17.5. The van der Waals surface area contributed by atoms with E-state index < -0.39 is 28.5 Å². The summed E-state index contributed by atoms with van der Waals surface area (Å²) in [4.78, 5) is 28.2. The number of ether oxygens (including phenoxy) is 1. The molecule has 0 unspecified atom stereocenters. The number of hydrogen-bond donors (Lipinski definition) is 2. The van der Waals surface area contributed by atoms with Gasteiger partial charge in [-0.05, 0) is 42.7 Å². The maximum Gasteiger partial charge on any atom is 0.331 e. The highest BCUT2D eigenvalue weighted by molar-refractivity contribution is 7.90. The summed E-state index contributed by atoms with van der Waals surface area (Å²) in [6, 6.07) is 15.0. The predicted octanol–water partition coefficient (Wildman–Crippen LogP) is 3.13. The van der Waals surface area contributed by atoms with Gasteiger partial charge >= 0.3 is 5.97 Å². The molecule has 2 aromatic carbocycles. The second-order valence-corrected chi connectivity index (χ2v) is 8.85. The molecular formula is C23H25N3O5S. The van der Waals surface area contributed by atoms with E-state index in [4.69, 9.17) is 4.74 Å². The van der Waals surface area contributed by atoms with Crippen LogP contribution in [-0.2, 0) is 24.3 Å². The van der Waals surface area contributed by atoms with Gasteiger partial charge in [-0.1, -0.05) is 42.8 Å².